The average Bonchev–Trinajstić information content (AvgIpc) is 3.31. The van der Waals surface area contributed by atoms with Crippen LogP contribution in [-0.2, 0) is 11.3 Å². The van der Waals surface area contributed by atoms with Crippen molar-refractivity contribution in [2.75, 3.05) is 6.54 Å². The van der Waals surface area contributed by atoms with E-state index >= 15 is 0 Å². The van der Waals surface area contributed by atoms with Crippen molar-refractivity contribution in [2.45, 2.75) is 51.2 Å². The van der Waals surface area contributed by atoms with Crippen LogP contribution in [0.1, 0.15) is 38.2 Å². The summed E-state index contributed by atoms with van der Waals surface area (Å²) in [7, 11) is 0. The molecule has 3 rings (SSSR count). The van der Waals surface area contributed by atoms with Gasteiger partial charge in [-0.1, -0.05) is 30.7 Å². The predicted molar refractivity (Wildman–Crippen MR) is 85.2 cm³/mol. The lowest BCUT2D eigenvalue weighted by molar-refractivity contribution is -0.136. The van der Waals surface area contributed by atoms with Gasteiger partial charge in [-0.2, -0.15) is 0 Å². The van der Waals surface area contributed by atoms with Crippen molar-refractivity contribution in [3.8, 4) is 0 Å². The minimum absolute atomic E-state index is 0.00773. The van der Waals surface area contributed by atoms with Crippen LogP contribution in [0, 0.1) is 5.92 Å². The molecule has 3 nitrogen and oxygen atoms in total. The monoisotopic (exact) mass is 306 g/mol. The van der Waals surface area contributed by atoms with Gasteiger partial charge in [-0.25, -0.2) is 0 Å². The Morgan fingerprint density at radius 3 is 2.62 bits per heavy atom. The Balaban J connectivity index is 1.71. The second-order valence-electron chi connectivity index (χ2n) is 6.38. The maximum absolute atomic E-state index is 12.9. The summed E-state index contributed by atoms with van der Waals surface area (Å²) in [6.45, 7) is 3.84. The fraction of sp³-hybridized carbons (Fsp3) is 0.588. The number of piperidine rings is 1. The molecule has 1 saturated heterocycles. The first-order valence-electron chi connectivity index (χ1n) is 7.93. The van der Waals surface area contributed by atoms with E-state index in [-0.39, 0.29) is 11.9 Å². The second-order valence-corrected chi connectivity index (χ2v) is 6.81. The van der Waals surface area contributed by atoms with E-state index in [1.165, 1.54) is 6.42 Å². The molecule has 114 valence electrons. The molecule has 2 fully saturated rings. The van der Waals surface area contributed by atoms with E-state index in [1.807, 2.05) is 24.3 Å². The molecule has 0 radical (unpaired) electrons. The number of rotatable bonds is 4. The fourth-order valence-corrected chi connectivity index (χ4v) is 3.24. The molecular weight excluding hydrogens is 284 g/mol. The highest BCUT2D eigenvalue weighted by atomic mass is 35.5. The van der Waals surface area contributed by atoms with Crippen LogP contribution in [-0.4, -0.2) is 29.4 Å². The van der Waals surface area contributed by atoms with E-state index in [9.17, 15) is 4.79 Å². The number of nitrogens with one attached hydrogen (secondary N) is 1. The number of nitrogens with zero attached hydrogens (tertiary/aromatic N) is 1. The maximum atomic E-state index is 12.9. The first-order chi connectivity index (χ1) is 10.1. The van der Waals surface area contributed by atoms with Gasteiger partial charge >= 0.3 is 0 Å². The third-order valence-electron chi connectivity index (χ3n) is 4.57. The summed E-state index contributed by atoms with van der Waals surface area (Å²) in [6.07, 6.45) is 4.59. The molecule has 0 aromatic heterocycles. The Morgan fingerprint density at radius 1 is 1.29 bits per heavy atom. The molecule has 1 saturated carbocycles. The zero-order valence-corrected chi connectivity index (χ0v) is 13.3. The van der Waals surface area contributed by atoms with Gasteiger partial charge in [-0.05, 0) is 55.8 Å². The number of carbonyl (C=O) groups is 1. The summed E-state index contributed by atoms with van der Waals surface area (Å²) in [6, 6.07) is 8.25. The van der Waals surface area contributed by atoms with Crippen LogP contribution in [0.15, 0.2) is 24.3 Å². The lowest BCUT2D eigenvalue weighted by Gasteiger charge is -2.34. The Morgan fingerprint density at radius 2 is 2.00 bits per heavy atom. The van der Waals surface area contributed by atoms with E-state index < -0.39 is 0 Å². The van der Waals surface area contributed by atoms with E-state index in [2.05, 4.69) is 17.1 Å². The molecule has 1 heterocycles. The number of benzene rings is 1. The highest BCUT2D eigenvalue weighted by molar-refractivity contribution is 6.30. The normalized spacial score (nSPS) is 25.6. The summed E-state index contributed by atoms with van der Waals surface area (Å²) < 4.78 is 0. The molecule has 4 heteroatoms. The standard InChI is InChI=1S/C17H23ClN2O/c1-12-3-2-10-19-16(12)17(21)20(15-8-9-15)11-13-4-6-14(18)7-5-13/h4-7,12,15-16,19H,2-3,8-11H2,1H3. The molecule has 21 heavy (non-hydrogen) atoms. The molecule has 1 N–H and O–H groups in total. The molecule has 0 bridgehead atoms. The van der Waals surface area contributed by atoms with Crippen molar-refractivity contribution < 1.29 is 4.79 Å². The fourth-order valence-electron chi connectivity index (χ4n) is 3.12. The average molecular weight is 307 g/mol. The second kappa shape index (κ2) is 6.37. The Hall–Kier alpha value is -1.06. The Bertz CT molecular complexity index is 498. The van der Waals surface area contributed by atoms with Crippen LogP contribution in [0.3, 0.4) is 0 Å². The summed E-state index contributed by atoms with van der Waals surface area (Å²) in [5, 5.41) is 4.16. The number of amides is 1. The first-order valence-corrected chi connectivity index (χ1v) is 8.31. The van der Waals surface area contributed by atoms with Crippen molar-refractivity contribution in [3.63, 3.8) is 0 Å². The van der Waals surface area contributed by atoms with Crippen molar-refractivity contribution >= 4 is 17.5 Å². The third kappa shape index (κ3) is 3.58. The smallest absolute Gasteiger partial charge is 0.240 e. The molecule has 0 spiro atoms. The molecule has 1 aliphatic carbocycles. The number of hydrogen-bond donors (Lipinski definition) is 1. The number of carbonyl (C=O) groups excluding carboxylic acids is 1. The number of halogens is 1. The summed E-state index contributed by atoms with van der Waals surface area (Å²) >= 11 is 5.94. The van der Waals surface area contributed by atoms with Crippen LogP contribution in [0.2, 0.25) is 5.02 Å². The molecule has 1 aromatic carbocycles. The van der Waals surface area contributed by atoms with Gasteiger partial charge in [0.05, 0.1) is 6.04 Å². The quantitative estimate of drug-likeness (QED) is 0.926. The molecule has 1 amide bonds. The summed E-state index contributed by atoms with van der Waals surface area (Å²) in [5.74, 6) is 0.706. The van der Waals surface area contributed by atoms with Crippen LogP contribution < -0.4 is 5.32 Å². The van der Waals surface area contributed by atoms with Gasteiger partial charge in [0.2, 0.25) is 5.91 Å². The SMILES string of the molecule is CC1CCCNC1C(=O)N(Cc1ccc(Cl)cc1)C1CC1. The maximum Gasteiger partial charge on any atom is 0.240 e. The van der Waals surface area contributed by atoms with Crippen LogP contribution in [0.25, 0.3) is 0 Å². The minimum atomic E-state index is -0.00773. The summed E-state index contributed by atoms with van der Waals surface area (Å²) in [5.41, 5.74) is 1.16. The highest BCUT2D eigenvalue weighted by Crippen LogP contribution is 2.30. The van der Waals surface area contributed by atoms with Crippen molar-refractivity contribution in [3.05, 3.63) is 34.9 Å². The van der Waals surface area contributed by atoms with Crippen molar-refractivity contribution in [1.29, 1.82) is 0 Å². The van der Waals surface area contributed by atoms with Crippen molar-refractivity contribution in [1.82, 2.24) is 10.2 Å². The minimum Gasteiger partial charge on any atom is -0.334 e. The molecule has 1 aromatic rings. The molecule has 1 aliphatic heterocycles. The predicted octanol–water partition coefficient (Wildman–Crippen LogP) is 3.22. The van der Waals surface area contributed by atoms with Gasteiger partial charge in [-0.3, -0.25) is 4.79 Å². The van der Waals surface area contributed by atoms with E-state index in [0.717, 1.165) is 36.4 Å². The van der Waals surface area contributed by atoms with Gasteiger partial charge in [0, 0.05) is 17.6 Å². The zero-order chi connectivity index (χ0) is 14.8. The van der Waals surface area contributed by atoms with E-state index in [4.69, 9.17) is 11.6 Å². The lowest BCUT2D eigenvalue weighted by Crippen LogP contribution is -2.52. The molecular formula is C17H23ClN2O. The van der Waals surface area contributed by atoms with Gasteiger partial charge in [-0.15, -0.1) is 0 Å². The topological polar surface area (TPSA) is 32.3 Å². The largest absolute Gasteiger partial charge is 0.334 e. The van der Waals surface area contributed by atoms with Gasteiger partial charge in [0.15, 0.2) is 0 Å². The van der Waals surface area contributed by atoms with Crippen molar-refractivity contribution in [2.24, 2.45) is 5.92 Å². The molecule has 2 unspecified atom stereocenters. The van der Waals surface area contributed by atoms with E-state index in [0.29, 0.717) is 18.5 Å². The van der Waals surface area contributed by atoms with Crippen LogP contribution in [0.5, 0.6) is 0 Å². The number of hydrogen-bond acceptors (Lipinski definition) is 2. The summed E-state index contributed by atoms with van der Waals surface area (Å²) in [4.78, 5) is 15.0. The van der Waals surface area contributed by atoms with Gasteiger partial charge in [0.25, 0.3) is 0 Å². The van der Waals surface area contributed by atoms with Gasteiger partial charge < -0.3 is 10.2 Å². The lowest BCUT2D eigenvalue weighted by atomic mass is 9.91. The van der Waals surface area contributed by atoms with Gasteiger partial charge in [0.1, 0.15) is 0 Å². The van der Waals surface area contributed by atoms with Crippen LogP contribution in [0.4, 0.5) is 0 Å². The molecule has 2 aliphatic rings. The first kappa shape index (κ1) is 14.9. The van der Waals surface area contributed by atoms with Crippen LogP contribution >= 0.6 is 11.6 Å². The third-order valence-corrected chi connectivity index (χ3v) is 4.82. The zero-order valence-electron chi connectivity index (χ0n) is 12.5. The Kier molecular flexibility index (Phi) is 4.51. The Labute approximate surface area is 131 Å². The van der Waals surface area contributed by atoms with E-state index in [1.54, 1.807) is 0 Å². The molecule has 2 atom stereocenters. The highest BCUT2D eigenvalue weighted by Gasteiger charge is 2.38.